The van der Waals surface area contributed by atoms with Crippen molar-refractivity contribution in [3.8, 4) is 11.3 Å². The highest BCUT2D eigenvalue weighted by atomic mass is 16.5. The predicted molar refractivity (Wildman–Crippen MR) is 108 cm³/mol. The third-order valence-corrected chi connectivity index (χ3v) is 5.46. The van der Waals surface area contributed by atoms with E-state index in [-0.39, 0.29) is 0 Å². The van der Waals surface area contributed by atoms with Gasteiger partial charge in [0.05, 0.1) is 30.7 Å². The van der Waals surface area contributed by atoms with Crippen LogP contribution < -0.4 is 16.0 Å². The lowest BCUT2D eigenvalue weighted by Crippen LogP contribution is -2.35. The number of ether oxygens (including phenoxy) is 1. The molecule has 0 radical (unpaired) electrons. The summed E-state index contributed by atoms with van der Waals surface area (Å²) < 4.78 is 9.23. The number of hydrogen-bond acceptors (Lipinski definition) is 9. The fraction of sp³-hybridized carbons (Fsp3) is 0.316. The minimum Gasteiger partial charge on any atom is -0.381 e. The van der Waals surface area contributed by atoms with E-state index in [1.165, 1.54) is 0 Å². The maximum Gasteiger partial charge on any atom is 0.190 e. The van der Waals surface area contributed by atoms with Gasteiger partial charge in [-0.25, -0.2) is 19.5 Å². The molecule has 2 N–H and O–H groups in total. The average Bonchev–Trinajstić information content (AvgIpc) is 3.54. The minimum absolute atomic E-state index is 0.376. The molecule has 0 unspecified atom stereocenters. The molecule has 30 heavy (non-hydrogen) atoms. The van der Waals surface area contributed by atoms with Gasteiger partial charge in [0.2, 0.25) is 0 Å². The molecular weight excluding hydrogens is 384 g/mol. The van der Waals surface area contributed by atoms with Crippen molar-refractivity contribution in [3.63, 3.8) is 0 Å². The lowest BCUT2D eigenvalue weighted by atomic mass is 10.1. The first-order chi connectivity index (χ1) is 14.8. The molecule has 0 bridgehead atoms. The summed E-state index contributed by atoms with van der Waals surface area (Å²) in [6.07, 6.45) is 11.1. The quantitative estimate of drug-likeness (QED) is 0.524. The van der Waals surface area contributed by atoms with Gasteiger partial charge in [-0.15, -0.1) is 5.53 Å². The fourth-order valence-electron chi connectivity index (χ4n) is 3.84. The van der Waals surface area contributed by atoms with Crippen LogP contribution in [-0.4, -0.2) is 47.6 Å². The smallest absolute Gasteiger partial charge is 0.190 e. The minimum atomic E-state index is 0.376. The molecular formula is C19H20N10O. The van der Waals surface area contributed by atoms with E-state index in [1.807, 2.05) is 40.4 Å². The summed E-state index contributed by atoms with van der Waals surface area (Å²) in [6, 6.07) is 4.35. The number of hydrazine groups is 2. The average molecular weight is 404 g/mol. The fourth-order valence-corrected chi connectivity index (χ4v) is 3.84. The second kappa shape index (κ2) is 7.04. The molecule has 0 amide bonds. The van der Waals surface area contributed by atoms with Crippen molar-refractivity contribution < 1.29 is 4.74 Å². The summed E-state index contributed by atoms with van der Waals surface area (Å²) in [5.41, 5.74) is 9.81. The van der Waals surface area contributed by atoms with Crippen LogP contribution in [0, 0.1) is 0 Å². The Labute approximate surface area is 171 Å². The Morgan fingerprint density at radius 3 is 2.93 bits per heavy atom. The van der Waals surface area contributed by atoms with E-state index in [0.29, 0.717) is 18.4 Å². The first-order valence-electron chi connectivity index (χ1n) is 9.90. The van der Waals surface area contributed by atoms with Crippen molar-refractivity contribution in [2.75, 3.05) is 23.6 Å². The van der Waals surface area contributed by atoms with Crippen molar-refractivity contribution >= 4 is 17.3 Å². The van der Waals surface area contributed by atoms with E-state index < -0.39 is 0 Å². The molecule has 2 aliphatic heterocycles. The van der Waals surface area contributed by atoms with Crippen LogP contribution in [0.1, 0.15) is 24.4 Å². The number of anilines is 2. The normalized spacial score (nSPS) is 16.7. The summed E-state index contributed by atoms with van der Waals surface area (Å²) in [7, 11) is 0. The SMILES string of the molecule is c1nc2ccc(CN3NNc4ncc(-c5cnn(C6CCOCC6)c5)nc43)cn2n1. The molecule has 152 valence electrons. The van der Waals surface area contributed by atoms with Crippen LogP contribution in [0.3, 0.4) is 0 Å². The second-order valence-corrected chi connectivity index (χ2v) is 7.40. The third-order valence-electron chi connectivity index (χ3n) is 5.46. The van der Waals surface area contributed by atoms with Crippen molar-refractivity contribution in [1.82, 2.24) is 39.9 Å². The van der Waals surface area contributed by atoms with E-state index in [9.17, 15) is 0 Å². The number of fused-ring (bicyclic) bond motifs is 2. The molecule has 6 heterocycles. The van der Waals surface area contributed by atoms with Crippen molar-refractivity contribution in [2.45, 2.75) is 25.4 Å². The summed E-state index contributed by atoms with van der Waals surface area (Å²) in [5.74, 6) is 1.43. The Morgan fingerprint density at radius 2 is 2.00 bits per heavy atom. The first-order valence-corrected chi connectivity index (χ1v) is 9.90. The Kier molecular flexibility index (Phi) is 4.06. The Hall–Kier alpha value is -3.57. The van der Waals surface area contributed by atoms with Gasteiger partial charge in [-0.05, 0) is 24.5 Å². The summed E-state index contributed by atoms with van der Waals surface area (Å²) in [6.45, 7) is 2.16. The van der Waals surface area contributed by atoms with Crippen LogP contribution in [0.5, 0.6) is 0 Å². The van der Waals surface area contributed by atoms with Crippen LogP contribution >= 0.6 is 0 Å². The molecule has 0 saturated carbocycles. The largest absolute Gasteiger partial charge is 0.381 e. The van der Waals surface area contributed by atoms with E-state index in [1.54, 1.807) is 17.0 Å². The number of pyridine rings is 1. The monoisotopic (exact) mass is 404 g/mol. The molecule has 6 rings (SSSR count). The van der Waals surface area contributed by atoms with Gasteiger partial charge < -0.3 is 4.74 Å². The molecule has 4 aromatic rings. The van der Waals surface area contributed by atoms with Crippen LogP contribution in [0.15, 0.2) is 43.2 Å². The summed E-state index contributed by atoms with van der Waals surface area (Å²) in [4.78, 5) is 13.5. The van der Waals surface area contributed by atoms with E-state index in [2.05, 4.69) is 31.1 Å². The zero-order valence-corrected chi connectivity index (χ0v) is 16.1. The molecule has 0 aromatic carbocycles. The second-order valence-electron chi connectivity index (χ2n) is 7.40. The highest BCUT2D eigenvalue weighted by Gasteiger charge is 2.23. The van der Waals surface area contributed by atoms with Gasteiger partial charge in [0.25, 0.3) is 0 Å². The van der Waals surface area contributed by atoms with Gasteiger partial charge >= 0.3 is 0 Å². The van der Waals surface area contributed by atoms with Gasteiger partial charge in [0, 0.05) is 31.2 Å². The highest BCUT2D eigenvalue weighted by Crippen LogP contribution is 2.30. The molecule has 11 heteroatoms. The molecule has 4 aromatic heterocycles. The first kappa shape index (κ1) is 17.3. The maximum atomic E-state index is 5.45. The van der Waals surface area contributed by atoms with Crippen molar-refractivity contribution in [2.24, 2.45) is 0 Å². The maximum absolute atomic E-state index is 5.45. The topological polar surface area (TPSA) is 110 Å². The van der Waals surface area contributed by atoms with Gasteiger partial charge in [-0.1, -0.05) is 6.07 Å². The number of nitrogens with zero attached hydrogens (tertiary/aromatic N) is 8. The van der Waals surface area contributed by atoms with Crippen molar-refractivity contribution in [3.05, 3.63) is 48.8 Å². The van der Waals surface area contributed by atoms with E-state index in [4.69, 9.17) is 9.72 Å². The Balaban J connectivity index is 1.26. The molecule has 0 atom stereocenters. The zero-order valence-electron chi connectivity index (χ0n) is 16.1. The van der Waals surface area contributed by atoms with Gasteiger partial charge in [0.1, 0.15) is 6.33 Å². The van der Waals surface area contributed by atoms with E-state index in [0.717, 1.165) is 54.3 Å². The van der Waals surface area contributed by atoms with Crippen molar-refractivity contribution in [1.29, 1.82) is 0 Å². The lowest BCUT2D eigenvalue weighted by molar-refractivity contribution is 0.0662. The Morgan fingerprint density at radius 1 is 1.07 bits per heavy atom. The third kappa shape index (κ3) is 3.04. The molecule has 0 spiro atoms. The van der Waals surface area contributed by atoms with Crippen LogP contribution in [-0.2, 0) is 11.3 Å². The molecule has 0 aliphatic carbocycles. The van der Waals surface area contributed by atoms with Crippen LogP contribution in [0.2, 0.25) is 0 Å². The van der Waals surface area contributed by atoms with E-state index >= 15 is 0 Å². The number of aromatic nitrogens is 7. The molecule has 1 saturated heterocycles. The van der Waals surface area contributed by atoms with Gasteiger partial charge in [-0.3, -0.25) is 15.1 Å². The number of nitrogens with one attached hydrogen (secondary N) is 2. The molecule has 11 nitrogen and oxygen atoms in total. The number of rotatable bonds is 4. The lowest BCUT2D eigenvalue weighted by Gasteiger charge is -2.22. The van der Waals surface area contributed by atoms with Gasteiger partial charge in [-0.2, -0.15) is 10.2 Å². The van der Waals surface area contributed by atoms with Gasteiger partial charge in [0.15, 0.2) is 17.3 Å². The summed E-state index contributed by atoms with van der Waals surface area (Å²) in [5, 5.41) is 10.7. The summed E-state index contributed by atoms with van der Waals surface area (Å²) >= 11 is 0. The predicted octanol–water partition coefficient (Wildman–Crippen LogP) is 1.59. The molecule has 2 aliphatic rings. The van der Waals surface area contributed by atoms with Crippen LogP contribution in [0.4, 0.5) is 11.6 Å². The number of hydrogen-bond donors (Lipinski definition) is 2. The highest BCUT2D eigenvalue weighted by molar-refractivity contribution is 5.69. The Bertz CT molecular complexity index is 1190. The zero-order chi connectivity index (χ0) is 19.9. The van der Waals surface area contributed by atoms with Crippen LogP contribution in [0.25, 0.3) is 16.9 Å². The standard InChI is InChI=1S/C19H20N10O/c1-2-17-21-12-23-28(17)9-13(1)10-29-19-18(25-26-29)20-8-16(24-19)14-7-22-27(11-14)15-3-5-30-6-4-15/h1-2,7-9,11-12,15,26H,3-6,10H2,(H,20,25). The molecule has 1 fully saturated rings.